The van der Waals surface area contributed by atoms with Crippen LogP contribution in [0.25, 0.3) is 0 Å². The van der Waals surface area contributed by atoms with Crippen molar-refractivity contribution in [2.45, 2.75) is 31.0 Å². The van der Waals surface area contributed by atoms with Crippen LogP contribution in [0.1, 0.15) is 6.42 Å². The lowest BCUT2D eigenvalue weighted by molar-refractivity contribution is -0.157. The van der Waals surface area contributed by atoms with Crippen molar-refractivity contribution in [3.63, 3.8) is 0 Å². The summed E-state index contributed by atoms with van der Waals surface area (Å²) in [5.41, 5.74) is 0. The Bertz CT molecular complexity index is 233. The summed E-state index contributed by atoms with van der Waals surface area (Å²) in [6, 6.07) is 0. The van der Waals surface area contributed by atoms with Gasteiger partial charge in [-0.15, -0.1) is 0 Å². The first-order chi connectivity index (χ1) is 8.90. The summed E-state index contributed by atoms with van der Waals surface area (Å²) in [6.07, 6.45) is 1.33. The zero-order chi connectivity index (χ0) is 12.2. The Morgan fingerprint density at radius 2 is 1.33 bits per heavy atom. The maximum atomic E-state index is 5.65. The van der Waals surface area contributed by atoms with Gasteiger partial charge in [0.05, 0.1) is 46.2 Å². The van der Waals surface area contributed by atoms with Gasteiger partial charge >= 0.3 is 0 Å². The lowest BCUT2D eigenvalue weighted by Crippen LogP contribution is -2.24. The molecule has 0 aromatic rings. The zero-order valence-electron chi connectivity index (χ0n) is 10.4. The summed E-state index contributed by atoms with van der Waals surface area (Å²) in [4.78, 5) is 0. The number of epoxide rings is 3. The number of rotatable bonds is 11. The molecule has 6 nitrogen and oxygen atoms in total. The summed E-state index contributed by atoms with van der Waals surface area (Å²) >= 11 is 0. The highest BCUT2D eigenvalue weighted by atomic mass is 16.7. The van der Waals surface area contributed by atoms with Gasteiger partial charge < -0.3 is 28.4 Å². The van der Waals surface area contributed by atoms with E-state index in [9.17, 15) is 0 Å². The third-order valence-electron chi connectivity index (χ3n) is 2.94. The van der Waals surface area contributed by atoms with Gasteiger partial charge in [0.2, 0.25) is 0 Å². The Labute approximate surface area is 106 Å². The second-order valence-electron chi connectivity index (χ2n) is 4.83. The molecule has 0 saturated carbocycles. The Balaban J connectivity index is 1.27. The van der Waals surface area contributed by atoms with Gasteiger partial charge in [-0.3, -0.25) is 0 Å². The third-order valence-corrected chi connectivity index (χ3v) is 2.94. The van der Waals surface area contributed by atoms with Crippen LogP contribution >= 0.6 is 0 Å². The Hall–Kier alpha value is -0.240. The van der Waals surface area contributed by atoms with Gasteiger partial charge in [-0.1, -0.05) is 0 Å². The van der Waals surface area contributed by atoms with E-state index in [1.165, 1.54) is 0 Å². The molecule has 6 heteroatoms. The number of hydrogen-bond acceptors (Lipinski definition) is 6. The predicted octanol–water partition coefficient (Wildman–Crippen LogP) is -0.0512. The fraction of sp³-hybridized carbons (Fsp3) is 1.00. The van der Waals surface area contributed by atoms with Gasteiger partial charge in [-0.05, 0) is 0 Å². The van der Waals surface area contributed by atoms with Gasteiger partial charge in [0, 0.05) is 6.42 Å². The molecule has 0 aliphatic carbocycles. The summed E-state index contributed by atoms with van der Waals surface area (Å²) in [6.45, 7) is 4.92. The monoisotopic (exact) mass is 260 g/mol. The van der Waals surface area contributed by atoms with Crippen LogP contribution in [0.2, 0.25) is 0 Å². The number of ether oxygens (including phenoxy) is 6. The summed E-state index contributed by atoms with van der Waals surface area (Å²) in [5, 5.41) is 0. The molecule has 0 spiro atoms. The van der Waals surface area contributed by atoms with Crippen molar-refractivity contribution in [3.8, 4) is 0 Å². The second-order valence-corrected chi connectivity index (χ2v) is 4.83. The van der Waals surface area contributed by atoms with Crippen molar-refractivity contribution in [2.75, 3.05) is 46.2 Å². The molecule has 104 valence electrons. The molecule has 18 heavy (non-hydrogen) atoms. The molecule has 0 radical (unpaired) electrons. The van der Waals surface area contributed by atoms with E-state index < -0.39 is 0 Å². The highest BCUT2D eigenvalue weighted by Crippen LogP contribution is 2.15. The molecule has 3 heterocycles. The molecule has 0 aromatic heterocycles. The van der Waals surface area contributed by atoms with Crippen LogP contribution in [-0.2, 0) is 28.4 Å². The summed E-state index contributed by atoms with van der Waals surface area (Å²) in [7, 11) is 0. The summed E-state index contributed by atoms with van der Waals surface area (Å²) in [5.74, 6) is 0. The van der Waals surface area contributed by atoms with Crippen molar-refractivity contribution >= 4 is 0 Å². The molecule has 3 saturated heterocycles. The van der Waals surface area contributed by atoms with Crippen molar-refractivity contribution in [1.29, 1.82) is 0 Å². The Morgan fingerprint density at radius 1 is 0.833 bits per heavy atom. The first kappa shape index (κ1) is 12.8. The van der Waals surface area contributed by atoms with E-state index in [4.69, 9.17) is 28.4 Å². The van der Waals surface area contributed by atoms with Crippen LogP contribution in [-0.4, -0.2) is 70.9 Å². The zero-order valence-corrected chi connectivity index (χ0v) is 10.4. The van der Waals surface area contributed by atoms with E-state index in [1.807, 2.05) is 0 Å². The minimum absolute atomic E-state index is 0.224. The highest BCUT2D eigenvalue weighted by molar-refractivity contribution is 4.70. The predicted molar refractivity (Wildman–Crippen MR) is 60.3 cm³/mol. The third kappa shape index (κ3) is 5.17. The molecule has 3 aliphatic heterocycles. The average molecular weight is 260 g/mol. The molecule has 3 fully saturated rings. The van der Waals surface area contributed by atoms with E-state index >= 15 is 0 Å². The fourth-order valence-corrected chi connectivity index (χ4v) is 1.53. The van der Waals surface area contributed by atoms with Crippen LogP contribution in [0.15, 0.2) is 0 Å². The van der Waals surface area contributed by atoms with Crippen molar-refractivity contribution in [2.24, 2.45) is 0 Å². The minimum Gasteiger partial charge on any atom is -0.378 e. The first-order valence-electron chi connectivity index (χ1n) is 6.56. The Morgan fingerprint density at radius 3 is 1.83 bits per heavy atom. The molecule has 0 amide bonds. The molecule has 0 aromatic carbocycles. The highest BCUT2D eigenvalue weighted by Gasteiger charge is 2.27. The van der Waals surface area contributed by atoms with Gasteiger partial charge in [0.25, 0.3) is 0 Å². The van der Waals surface area contributed by atoms with Gasteiger partial charge in [0.1, 0.15) is 18.3 Å². The van der Waals surface area contributed by atoms with Crippen LogP contribution in [0.5, 0.6) is 0 Å². The smallest absolute Gasteiger partial charge is 0.160 e. The molecular weight excluding hydrogens is 240 g/mol. The van der Waals surface area contributed by atoms with Crippen molar-refractivity contribution in [3.05, 3.63) is 0 Å². The van der Waals surface area contributed by atoms with Gasteiger partial charge in [-0.2, -0.15) is 0 Å². The number of hydrogen-bond donors (Lipinski definition) is 0. The SMILES string of the molecule is C(CC(OCC1CO1)OCC1CO1)OCC1CO1. The van der Waals surface area contributed by atoms with Crippen LogP contribution in [0.3, 0.4) is 0 Å². The van der Waals surface area contributed by atoms with Crippen LogP contribution < -0.4 is 0 Å². The minimum atomic E-state index is -0.224. The van der Waals surface area contributed by atoms with Crippen LogP contribution in [0, 0.1) is 0 Å². The molecule has 3 aliphatic rings. The van der Waals surface area contributed by atoms with E-state index in [0.717, 1.165) is 26.2 Å². The van der Waals surface area contributed by atoms with Crippen molar-refractivity contribution in [1.82, 2.24) is 0 Å². The maximum absolute atomic E-state index is 5.65. The van der Waals surface area contributed by atoms with Gasteiger partial charge in [0.15, 0.2) is 6.29 Å². The van der Waals surface area contributed by atoms with E-state index in [2.05, 4.69) is 0 Å². The topological polar surface area (TPSA) is 65.3 Å². The first-order valence-corrected chi connectivity index (χ1v) is 6.56. The molecular formula is C12H20O6. The molecule has 0 N–H and O–H groups in total. The second kappa shape index (κ2) is 6.27. The largest absolute Gasteiger partial charge is 0.378 e. The van der Waals surface area contributed by atoms with Crippen molar-refractivity contribution < 1.29 is 28.4 Å². The lowest BCUT2D eigenvalue weighted by atomic mass is 10.4. The standard InChI is InChI=1S/C12H20O6/c1(2-13-3-9-4-14-9)12(17-7-10-5-15-10)18-8-11-6-16-11/h9-12H,1-8H2. The average Bonchev–Trinajstić information content (AvgIpc) is 3.25. The van der Waals surface area contributed by atoms with E-state index in [0.29, 0.717) is 32.5 Å². The normalized spacial score (nSPS) is 34.3. The van der Waals surface area contributed by atoms with E-state index in [1.54, 1.807) is 0 Å². The van der Waals surface area contributed by atoms with Crippen LogP contribution in [0.4, 0.5) is 0 Å². The fourth-order valence-electron chi connectivity index (χ4n) is 1.53. The molecule has 3 unspecified atom stereocenters. The summed E-state index contributed by atoms with van der Waals surface area (Å²) < 4.78 is 32.1. The molecule has 3 atom stereocenters. The lowest BCUT2D eigenvalue weighted by Gasteiger charge is -2.17. The molecule has 3 rings (SSSR count). The molecule has 0 bridgehead atoms. The van der Waals surface area contributed by atoms with E-state index in [-0.39, 0.29) is 18.5 Å². The maximum Gasteiger partial charge on any atom is 0.160 e. The Kier molecular flexibility index (Phi) is 4.45. The quantitative estimate of drug-likeness (QED) is 0.295. The van der Waals surface area contributed by atoms with Gasteiger partial charge in [-0.25, -0.2) is 0 Å².